The Bertz CT molecular complexity index is 990. The van der Waals surface area contributed by atoms with Crippen LogP contribution in [0.1, 0.15) is 22.7 Å². The van der Waals surface area contributed by atoms with Crippen LogP contribution in [0.15, 0.2) is 29.3 Å². The van der Waals surface area contributed by atoms with Crippen LogP contribution < -0.4 is 26.8 Å². The van der Waals surface area contributed by atoms with E-state index in [1.165, 1.54) is 7.11 Å². The summed E-state index contributed by atoms with van der Waals surface area (Å²) >= 11 is 0. The van der Waals surface area contributed by atoms with E-state index >= 15 is 0 Å². The SMILES string of the molecule is COCOc1cccc(C2N=C(NC#N)Nc3nc(N)c(C#N)c(N)c32)c1. The highest BCUT2D eigenvalue weighted by Crippen LogP contribution is 2.40. The lowest BCUT2D eigenvalue weighted by atomic mass is 9.95. The molecule has 136 valence electrons. The van der Waals surface area contributed by atoms with Gasteiger partial charge in [0, 0.05) is 12.7 Å². The van der Waals surface area contributed by atoms with E-state index in [9.17, 15) is 5.26 Å². The van der Waals surface area contributed by atoms with Gasteiger partial charge in [-0.3, -0.25) is 5.32 Å². The summed E-state index contributed by atoms with van der Waals surface area (Å²) in [5, 5.41) is 23.6. The summed E-state index contributed by atoms with van der Waals surface area (Å²) in [4.78, 5) is 8.69. The van der Waals surface area contributed by atoms with Crippen molar-refractivity contribution in [3.63, 3.8) is 0 Å². The Morgan fingerprint density at radius 3 is 2.85 bits per heavy atom. The molecule has 1 unspecified atom stereocenters. The average Bonchev–Trinajstić information content (AvgIpc) is 2.66. The maximum atomic E-state index is 9.34. The number of aromatic nitrogens is 1. The minimum Gasteiger partial charge on any atom is -0.468 e. The van der Waals surface area contributed by atoms with Crippen molar-refractivity contribution < 1.29 is 9.47 Å². The summed E-state index contributed by atoms with van der Waals surface area (Å²) in [6.07, 6.45) is 1.80. The molecule has 10 nitrogen and oxygen atoms in total. The van der Waals surface area contributed by atoms with Crippen LogP contribution in [0.4, 0.5) is 17.3 Å². The third-order valence-electron chi connectivity index (χ3n) is 3.87. The number of fused-ring (bicyclic) bond motifs is 1. The smallest absolute Gasteiger partial charge is 0.211 e. The number of guanidine groups is 1. The predicted molar refractivity (Wildman–Crippen MR) is 98.4 cm³/mol. The monoisotopic (exact) mass is 364 g/mol. The lowest BCUT2D eigenvalue weighted by molar-refractivity contribution is 0.0510. The minimum absolute atomic E-state index is 0.00427. The van der Waals surface area contributed by atoms with Gasteiger partial charge in [0.15, 0.2) is 13.0 Å². The Balaban J connectivity index is 2.15. The number of hydrogen-bond donors (Lipinski definition) is 4. The molecule has 1 aromatic carbocycles. The Hall–Kier alpha value is -4.02. The molecule has 0 bridgehead atoms. The van der Waals surface area contributed by atoms with Crippen LogP contribution in [0.5, 0.6) is 5.75 Å². The number of nitrogens with two attached hydrogens (primary N) is 2. The highest BCUT2D eigenvalue weighted by molar-refractivity contribution is 5.98. The van der Waals surface area contributed by atoms with Crippen LogP contribution in [-0.2, 0) is 4.74 Å². The van der Waals surface area contributed by atoms with Crippen LogP contribution in [0.2, 0.25) is 0 Å². The Morgan fingerprint density at radius 2 is 2.15 bits per heavy atom. The number of nitriles is 2. The van der Waals surface area contributed by atoms with Gasteiger partial charge >= 0.3 is 0 Å². The van der Waals surface area contributed by atoms with E-state index in [1.807, 2.05) is 12.1 Å². The zero-order valence-electron chi connectivity index (χ0n) is 14.4. The average molecular weight is 364 g/mol. The fraction of sp³-hybridized carbons (Fsp3) is 0.176. The van der Waals surface area contributed by atoms with Crippen molar-refractivity contribution >= 4 is 23.3 Å². The summed E-state index contributed by atoms with van der Waals surface area (Å²) in [6, 6.07) is 8.51. The number of ether oxygens (including phenoxy) is 2. The van der Waals surface area contributed by atoms with E-state index in [4.69, 9.17) is 26.2 Å². The second-order valence-corrected chi connectivity index (χ2v) is 5.53. The first-order chi connectivity index (χ1) is 13.1. The van der Waals surface area contributed by atoms with Gasteiger partial charge in [0.2, 0.25) is 5.96 Å². The fourth-order valence-corrected chi connectivity index (χ4v) is 2.72. The summed E-state index contributed by atoms with van der Waals surface area (Å²) in [5.41, 5.74) is 13.5. The van der Waals surface area contributed by atoms with Gasteiger partial charge in [0.1, 0.15) is 35.1 Å². The predicted octanol–water partition coefficient (Wildman–Crippen LogP) is 1.04. The number of nitrogens with one attached hydrogen (secondary N) is 2. The van der Waals surface area contributed by atoms with Crippen LogP contribution in [0, 0.1) is 22.8 Å². The molecule has 0 spiro atoms. The molecular formula is C17H16N8O2. The number of nitrogens with zero attached hydrogens (tertiary/aromatic N) is 4. The van der Waals surface area contributed by atoms with E-state index in [0.717, 1.165) is 5.56 Å². The van der Waals surface area contributed by atoms with Crippen molar-refractivity contribution in [3.8, 4) is 18.0 Å². The van der Waals surface area contributed by atoms with Crippen LogP contribution >= 0.6 is 0 Å². The first-order valence-corrected chi connectivity index (χ1v) is 7.79. The molecule has 1 aliphatic rings. The number of pyridine rings is 1. The molecule has 1 atom stereocenters. The van der Waals surface area contributed by atoms with E-state index in [0.29, 0.717) is 17.1 Å². The highest BCUT2D eigenvalue weighted by atomic mass is 16.7. The van der Waals surface area contributed by atoms with Gasteiger partial charge in [0.25, 0.3) is 0 Å². The Kier molecular flexibility index (Phi) is 4.92. The zero-order chi connectivity index (χ0) is 19.4. The Labute approximate surface area is 155 Å². The number of aliphatic imine (C=N–C) groups is 1. The van der Waals surface area contributed by atoms with Crippen molar-refractivity contribution in [1.82, 2.24) is 10.3 Å². The standard InChI is InChI=1S/C17H16N8O2/c1-26-8-27-10-4-2-3-9(5-10)14-12-13(20)11(6-18)15(21)24-16(12)25-17(23-14)22-7-19/h2-5,14H,8H2,1H3,(H6,20,21,22,23,24,25). The van der Waals surface area contributed by atoms with Crippen LogP contribution in [0.25, 0.3) is 0 Å². The number of hydrogen-bond acceptors (Lipinski definition) is 10. The molecule has 0 saturated heterocycles. The molecule has 0 aliphatic carbocycles. The number of methoxy groups -OCH3 is 1. The molecule has 1 aromatic heterocycles. The molecule has 0 fully saturated rings. The molecule has 27 heavy (non-hydrogen) atoms. The molecule has 10 heteroatoms. The molecule has 0 amide bonds. The third-order valence-corrected chi connectivity index (χ3v) is 3.87. The van der Waals surface area contributed by atoms with Gasteiger partial charge < -0.3 is 26.3 Å². The summed E-state index contributed by atoms with van der Waals surface area (Å²) in [5.74, 6) is 1.08. The quantitative estimate of drug-likeness (QED) is 0.352. The summed E-state index contributed by atoms with van der Waals surface area (Å²) < 4.78 is 10.4. The number of rotatable bonds is 4. The lowest BCUT2D eigenvalue weighted by Gasteiger charge is -2.26. The Morgan fingerprint density at radius 1 is 1.33 bits per heavy atom. The first kappa shape index (κ1) is 17.8. The van der Waals surface area contributed by atoms with Gasteiger partial charge in [-0.1, -0.05) is 12.1 Å². The van der Waals surface area contributed by atoms with Crippen molar-refractivity contribution in [3.05, 3.63) is 41.0 Å². The minimum atomic E-state index is -0.622. The topological polar surface area (TPSA) is 167 Å². The second-order valence-electron chi connectivity index (χ2n) is 5.53. The van der Waals surface area contributed by atoms with E-state index in [2.05, 4.69) is 20.6 Å². The highest BCUT2D eigenvalue weighted by Gasteiger charge is 2.29. The summed E-state index contributed by atoms with van der Waals surface area (Å²) in [7, 11) is 1.53. The second kappa shape index (κ2) is 7.47. The fourth-order valence-electron chi connectivity index (χ4n) is 2.72. The van der Waals surface area contributed by atoms with Gasteiger partial charge in [-0.2, -0.15) is 10.5 Å². The third kappa shape index (κ3) is 3.38. The van der Waals surface area contributed by atoms with Crippen molar-refractivity contribution in [2.75, 3.05) is 30.7 Å². The molecule has 1 aliphatic heterocycles. The number of anilines is 3. The zero-order valence-corrected chi connectivity index (χ0v) is 14.4. The molecular weight excluding hydrogens is 348 g/mol. The molecule has 2 heterocycles. The largest absolute Gasteiger partial charge is 0.468 e. The van der Waals surface area contributed by atoms with Gasteiger partial charge in [-0.25, -0.2) is 9.98 Å². The summed E-state index contributed by atoms with van der Waals surface area (Å²) in [6.45, 7) is 0.0928. The van der Waals surface area contributed by atoms with Gasteiger partial charge in [0.05, 0.1) is 5.69 Å². The van der Waals surface area contributed by atoms with Gasteiger partial charge in [-0.15, -0.1) is 0 Å². The molecule has 0 saturated carbocycles. The first-order valence-electron chi connectivity index (χ1n) is 7.79. The van der Waals surface area contributed by atoms with E-state index < -0.39 is 6.04 Å². The van der Waals surface area contributed by atoms with Gasteiger partial charge in [-0.05, 0) is 17.7 Å². The lowest BCUT2D eigenvalue weighted by Crippen LogP contribution is -2.32. The number of benzene rings is 1. The molecule has 0 radical (unpaired) electrons. The molecule has 3 rings (SSSR count). The van der Waals surface area contributed by atoms with E-state index in [-0.39, 0.29) is 29.8 Å². The van der Waals surface area contributed by atoms with Crippen molar-refractivity contribution in [2.24, 2.45) is 4.99 Å². The maximum absolute atomic E-state index is 9.34. The van der Waals surface area contributed by atoms with Crippen molar-refractivity contribution in [1.29, 1.82) is 10.5 Å². The number of nitrogen functional groups attached to an aromatic ring is 2. The van der Waals surface area contributed by atoms with Crippen LogP contribution in [-0.4, -0.2) is 24.8 Å². The van der Waals surface area contributed by atoms with Crippen molar-refractivity contribution in [2.45, 2.75) is 6.04 Å². The van der Waals surface area contributed by atoms with Crippen LogP contribution in [0.3, 0.4) is 0 Å². The van der Waals surface area contributed by atoms with E-state index in [1.54, 1.807) is 24.4 Å². The normalized spacial score (nSPS) is 14.8. The maximum Gasteiger partial charge on any atom is 0.211 e. The molecule has 2 aromatic rings. The molecule has 6 N–H and O–H groups in total.